The number of fused-ring (bicyclic) bond motifs is 1. The van der Waals surface area contributed by atoms with Gasteiger partial charge in [-0.15, -0.1) is 0 Å². The molecule has 0 radical (unpaired) electrons. The van der Waals surface area contributed by atoms with Crippen molar-refractivity contribution >= 4 is 39.1 Å². The minimum absolute atomic E-state index is 0.187. The van der Waals surface area contributed by atoms with Crippen molar-refractivity contribution in [2.24, 2.45) is 0 Å². The zero-order valence-electron chi connectivity index (χ0n) is 15.1. The van der Waals surface area contributed by atoms with Gasteiger partial charge in [0.05, 0.1) is 28.9 Å². The minimum atomic E-state index is -3.45. The number of halogens is 2. The van der Waals surface area contributed by atoms with Gasteiger partial charge in [-0.05, 0) is 29.8 Å². The minimum Gasteiger partial charge on any atom is -0.348 e. The van der Waals surface area contributed by atoms with Crippen molar-refractivity contribution in [2.45, 2.75) is 19.5 Å². The van der Waals surface area contributed by atoms with Crippen LogP contribution in [0.15, 0.2) is 36.5 Å². The molecule has 0 bridgehead atoms. The Labute approximate surface area is 169 Å². The quantitative estimate of drug-likeness (QED) is 0.733. The van der Waals surface area contributed by atoms with Crippen molar-refractivity contribution in [2.75, 3.05) is 25.9 Å². The van der Waals surface area contributed by atoms with Gasteiger partial charge < -0.3 is 9.47 Å². The van der Waals surface area contributed by atoms with E-state index in [1.165, 1.54) is 4.31 Å². The van der Waals surface area contributed by atoms with Gasteiger partial charge in [-0.1, -0.05) is 36.2 Å². The van der Waals surface area contributed by atoms with Crippen LogP contribution < -0.4 is 0 Å². The van der Waals surface area contributed by atoms with Crippen LogP contribution in [-0.4, -0.2) is 54.0 Å². The van der Waals surface area contributed by atoms with Gasteiger partial charge in [-0.2, -0.15) is 4.31 Å². The Balaban J connectivity index is 1.98. The molecule has 1 amide bonds. The highest BCUT2D eigenvalue weighted by Crippen LogP contribution is 2.35. The second-order valence-corrected chi connectivity index (χ2v) is 9.28. The Hall–Kier alpha value is -1.54. The molecule has 1 aliphatic heterocycles. The molecule has 0 N–H and O–H groups in total. The molecule has 9 heteroatoms. The van der Waals surface area contributed by atoms with Crippen LogP contribution in [0.3, 0.4) is 0 Å². The lowest BCUT2D eigenvalue weighted by atomic mass is 10.00. The van der Waals surface area contributed by atoms with Crippen molar-refractivity contribution in [3.8, 4) is 0 Å². The number of aromatic nitrogens is 1. The molecule has 1 aromatic heterocycles. The number of amides is 1. The summed E-state index contributed by atoms with van der Waals surface area (Å²) in [5, 5.41) is 0.857. The second kappa shape index (κ2) is 7.83. The predicted octanol–water partition coefficient (Wildman–Crippen LogP) is 3.01. The van der Waals surface area contributed by atoms with Crippen LogP contribution in [0.1, 0.15) is 24.2 Å². The van der Waals surface area contributed by atoms with Gasteiger partial charge in [-0.25, -0.2) is 8.42 Å². The van der Waals surface area contributed by atoms with E-state index >= 15 is 0 Å². The molecular formula is C18H21Cl2N3O3S. The molecule has 6 nitrogen and oxygen atoms in total. The number of sulfonamides is 1. The molecule has 0 saturated heterocycles. The van der Waals surface area contributed by atoms with E-state index in [1.54, 1.807) is 24.0 Å². The Morgan fingerprint density at radius 1 is 1.22 bits per heavy atom. The number of carbonyl (C=O) groups is 1. The smallest absolute Gasteiger partial charge is 0.238 e. The standard InChI is InChI=1S/C18H21Cl2N3O3S/c1-3-22(27(2,25)26)12-17(24)23-10-9-21-8-4-5-16(21)18(23)13-6-7-14(19)15(20)11-13/h4-8,11,18H,3,9-10,12H2,1-2H3/t18-/m0/s1. The average Bonchev–Trinajstić information content (AvgIpc) is 3.08. The number of hydrogen-bond acceptors (Lipinski definition) is 3. The van der Waals surface area contributed by atoms with Gasteiger partial charge in [0, 0.05) is 31.5 Å². The monoisotopic (exact) mass is 429 g/mol. The summed E-state index contributed by atoms with van der Waals surface area (Å²) in [4.78, 5) is 14.7. The number of nitrogens with zero attached hydrogens (tertiary/aromatic N) is 3. The maximum atomic E-state index is 13.0. The summed E-state index contributed by atoms with van der Waals surface area (Å²) in [6, 6.07) is 8.85. The highest BCUT2D eigenvalue weighted by molar-refractivity contribution is 7.88. The van der Waals surface area contributed by atoms with Crippen LogP contribution in [-0.2, 0) is 21.4 Å². The van der Waals surface area contributed by atoms with E-state index in [1.807, 2.05) is 24.4 Å². The summed E-state index contributed by atoms with van der Waals surface area (Å²) in [6.07, 6.45) is 3.08. The summed E-state index contributed by atoms with van der Waals surface area (Å²) in [5.74, 6) is -0.245. The lowest BCUT2D eigenvalue weighted by molar-refractivity contribution is -0.134. The lowest BCUT2D eigenvalue weighted by Crippen LogP contribution is -2.47. The lowest BCUT2D eigenvalue weighted by Gasteiger charge is -2.38. The van der Waals surface area contributed by atoms with Gasteiger partial charge in [0.15, 0.2) is 0 Å². The third-order valence-corrected chi connectivity index (χ3v) is 6.82. The summed E-state index contributed by atoms with van der Waals surface area (Å²) >= 11 is 12.2. The number of carbonyl (C=O) groups excluding carboxylic acids is 1. The molecule has 0 spiro atoms. The van der Waals surface area contributed by atoms with Crippen LogP contribution in [0.2, 0.25) is 10.0 Å². The molecular weight excluding hydrogens is 409 g/mol. The predicted molar refractivity (Wildman–Crippen MR) is 107 cm³/mol. The van der Waals surface area contributed by atoms with Crippen molar-refractivity contribution in [3.63, 3.8) is 0 Å². The van der Waals surface area contributed by atoms with Gasteiger partial charge >= 0.3 is 0 Å². The molecule has 3 rings (SSSR count). The number of likely N-dealkylation sites (N-methyl/N-ethyl adjacent to an activating group) is 1. The molecule has 0 saturated carbocycles. The third-order valence-electron chi connectivity index (χ3n) is 4.75. The number of benzene rings is 1. The zero-order valence-corrected chi connectivity index (χ0v) is 17.4. The molecule has 1 atom stereocenters. The SMILES string of the molecule is CCN(CC(=O)N1CCn2cccc2[C@@H]1c1ccc(Cl)c(Cl)c1)S(C)(=O)=O. The molecule has 1 aromatic carbocycles. The fraction of sp³-hybridized carbons (Fsp3) is 0.389. The first-order chi connectivity index (χ1) is 12.7. The zero-order chi connectivity index (χ0) is 19.8. The Bertz CT molecular complexity index is 959. The van der Waals surface area contributed by atoms with Gasteiger partial charge in [0.1, 0.15) is 0 Å². The first-order valence-corrected chi connectivity index (χ1v) is 11.2. The summed E-state index contributed by atoms with van der Waals surface area (Å²) < 4.78 is 27.0. The van der Waals surface area contributed by atoms with Gasteiger partial charge in [0.25, 0.3) is 0 Å². The number of hydrogen-bond donors (Lipinski definition) is 0. The van der Waals surface area contributed by atoms with Crippen LogP contribution in [0.4, 0.5) is 0 Å². The average molecular weight is 430 g/mol. The summed E-state index contributed by atoms with van der Waals surface area (Å²) in [5.41, 5.74) is 1.79. The van der Waals surface area contributed by atoms with E-state index < -0.39 is 10.0 Å². The molecule has 0 fully saturated rings. The van der Waals surface area contributed by atoms with Gasteiger partial charge in [0.2, 0.25) is 15.9 Å². The third kappa shape index (κ3) is 4.16. The highest BCUT2D eigenvalue weighted by Gasteiger charge is 2.33. The topological polar surface area (TPSA) is 62.6 Å². The maximum Gasteiger partial charge on any atom is 0.238 e. The Morgan fingerprint density at radius 3 is 2.59 bits per heavy atom. The largest absolute Gasteiger partial charge is 0.348 e. The van der Waals surface area contributed by atoms with Crippen molar-refractivity contribution in [3.05, 3.63) is 57.8 Å². The highest BCUT2D eigenvalue weighted by atomic mass is 35.5. The molecule has 1 aliphatic rings. The Morgan fingerprint density at radius 2 is 1.96 bits per heavy atom. The number of rotatable bonds is 5. The van der Waals surface area contributed by atoms with E-state index in [9.17, 15) is 13.2 Å². The molecule has 2 aromatic rings. The first kappa shape index (κ1) is 20.2. The molecule has 146 valence electrons. The van der Waals surface area contributed by atoms with E-state index in [0.29, 0.717) is 23.1 Å². The fourth-order valence-corrected chi connectivity index (χ4v) is 4.51. The van der Waals surface area contributed by atoms with Crippen molar-refractivity contribution in [1.29, 1.82) is 0 Å². The van der Waals surface area contributed by atoms with Crippen molar-refractivity contribution < 1.29 is 13.2 Å². The summed E-state index contributed by atoms with van der Waals surface area (Å²) in [7, 11) is -3.45. The van der Waals surface area contributed by atoms with Crippen LogP contribution in [0.5, 0.6) is 0 Å². The second-order valence-electron chi connectivity index (χ2n) is 6.48. The first-order valence-electron chi connectivity index (χ1n) is 8.57. The molecule has 0 aliphatic carbocycles. The maximum absolute atomic E-state index is 13.0. The molecule has 0 unspecified atom stereocenters. The van der Waals surface area contributed by atoms with Crippen molar-refractivity contribution in [1.82, 2.24) is 13.8 Å². The normalized spacial score (nSPS) is 17.2. The van der Waals surface area contributed by atoms with Crippen LogP contribution in [0, 0.1) is 0 Å². The van der Waals surface area contributed by atoms with Gasteiger partial charge in [-0.3, -0.25) is 4.79 Å². The van der Waals surface area contributed by atoms with E-state index in [2.05, 4.69) is 4.57 Å². The molecule has 27 heavy (non-hydrogen) atoms. The summed E-state index contributed by atoms with van der Waals surface area (Å²) in [6.45, 7) is 2.90. The van der Waals surface area contributed by atoms with Crippen LogP contribution >= 0.6 is 23.2 Å². The van der Waals surface area contributed by atoms with E-state index in [4.69, 9.17) is 23.2 Å². The fourth-order valence-electron chi connectivity index (χ4n) is 3.39. The van der Waals surface area contributed by atoms with E-state index in [0.717, 1.165) is 17.5 Å². The molecule has 2 heterocycles. The van der Waals surface area contributed by atoms with E-state index in [-0.39, 0.29) is 25.0 Å². The Kier molecular flexibility index (Phi) is 5.86. The van der Waals surface area contributed by atoms with Crippen LogP contribution in [0.25, 0.3) is 0 Å².